The van der Waals surface area contributed by atoms with Gasteiger partial charge in [-0.05, 0) is 12.3 Å². The molecule has 1 aromatic carbocycles. The Balaban J connectivity index is 2.37. The molecule has 0 amide bonds. The SMILES string of the molecule is COc1cc(OC)c(Cl)c(-c2cc3cnc(SC)nc3c(NS(C)(=O)=O)n2)c1F. The normalized spacial score (nSPS) is 11.5. The summed E-state index contributed by atoms with van der Waals surface area (Å²) in [5, 5.41) is 0.830. The van der Waals surface area contributed by atoms with Crippen LogP contribution in [-0.4, -0.2) is 50.1 Å². The third-order valence-electron chi connectivity index (χ3n) is 3.84. The van der Waals surface area contributed by atoms with Crippen LogP contribution >= 0.6 is 23.4 Å². The van der Waals surface area contributed by atoms with Gasteiger partial charge >= 0.3 is 0 Å². The van der Waals surface area contributed by atoms with Crippen LogP contribution in [0.25, 0.3) is 22.2 Å². The summed E-state index contributed by atoms with van der Waals surface area (Å²) in [5.41, 5.74) is 0.226. The largest absolute Gasteiger partial charge is 0.495 e. The summed E-state index contributed by atoms with van der Waals surface area (Å²) in [6.07, 6.45) is 4.26. The smallest absolute Gasteiger partial charge is 0.231 e. The number of thioether (sulfide) groups is 1. The number of sulfonamides is 1. The number of ether oxygens (including phenoxy) is 2. The van der Waals surface area contributed by atoms with E-state index in [4.69, 9.17) is 21.1 Å². The molecule has 12 heteroatoms. The van der Waals surface area contributed by atoms with E-state index in [9.17, 15) is 8.42 Å². The number of rotatable bonds is 6. The van der Waals surface area contributed by atoms with Gasteiger partial charge in [0.25, 0.3) is 0 Å². The molecular formula is C17H16ClFN4O4S2. The molecule has 0 fully saturated rings. The van der Waals surface area contributed by atoms with Gasteiger partial charge in [-0.3, -0.25) is 4.72 Å². The molecule has 0 aliphatic rings. The number of hydrogen-bond acceptors (Lipinski definition) is 8. The summed E-state index contributed by atoms with van der Waals surface area (Å²) in [6, 6.07) is 2.82. The Morgan fingerprint density at radius 3 is 2.45 bits per heavy atom. The van der Waals surface area contributed by atoms with E-state index in [1.54, 1.807) is 6.26 Å². The van der Waals surface area contributed by atoms with Crippen LogP contribution in [-0.2, 0) is 10.0 Å². The number of fused-ring (bicyclic) bond motifs is 1. The highest BCUT2D eigenvalue weighted by atomic mass is 35.5. The first-order chi connectivity index (χ1) is 13.7. The summed E-state index contributed by atoms with van der Waals surface area (Å²) < 4.78 is 51.3. The standard InChI is InChI=1S/C17H16ClFN4O4S2/c1-26-10-6-11(27-2)14(19)12(13(10)18)9-5-8-7-20-17(28-3)22-15(8)16(21-9)23-29(4,24)25/h5-7H,1-4H3,(H,21,23). The van der Waals surface area contributed by atoms with Crippen LogP contribution in [0, 0.1) is 5.82 Å². The monoisotopic (exact) mass is 458 g/mol. The van der Waals surface area contributed by atoms with Crippen molar-refractivity contribution in [2.24, 2.45) is 0 Å². The van der Waals surface area contributed by atoms with Crippen molar-refractivity contribution in [3.63, 3.8) is 0 Å². The van der Waals surface area contributed by atoms with E-state index in [1.807, 2.05) is 0 Å². The minimum atomic E-state index is -3.69. The van der Waals surface area contributed by atoms with Gasteiger partial charge in [0.2, 0.25) is 10.0 Å². The van der Waals surface area contributed by atoms with Gasteiger partial charge in [0.05, 0.1) is 36.8 Å². The molecule has 0 unspecified atom stereocenters. The first kappa shape index (κ1) is 21.3. The lowest BCUT2D eigenvalue weighted by atomic mass is 10.1. The number of nitrogens with zero attached hydrogens (tertiary/aromatic N) is 3. The van der Waals surface area contributed by atoms with Gasteiger partial charge in [0.1, 0.15) is 11.3 Å². The van der Waals surface area contributed by atoms with Crippen LogP contribution < -0.4 is 14.2 Å². The summed E-state index contributed by atoms with van der Waals surface area (Å²) in [7, 11) is -1.01. The van der Waals surface area contributed by atoms with Crippen LogP contribution in [0.3, 0.4) is 0 Å². The molecule has 0 bridgehead atoms. The summed E-state index contributed by atoms with van der Waals surface area (Å²) in [5.74, 6) is -0.768. The van der Waals surface area contributed by atoms with Crippen LogP contribution in [0.1, 0.15) is 0 Å². The topological polar surface area (TPSA) is 103 Å². The van der Waals surface area contributed by atoms with Crippen molar-refractivity contribution in [2.75, 3.05) is 31.5 Å². The first-order valence-corrected chi connectivity index (χ1v) is 11.5. The molecule has 0 aliphatic heterocycles. The Morgan fingerprint density at radius 2 is 1.86 bits per heavy atom. The van der Waals surface area contributed by atoms with E-state index in [0.717, 1.165) is 6.26 Å². The van der Waals surface area contributed by atoms with Crippen molar-refractivity contribution in [1.29, 1.82) is 0 Å². The van der Waals surface area contributed by atoms with E-state index in [1.165, 1.54) is 44.3 Å². The predicted molar refractivity (Wildman–Crippen MR) is 111 cm³/mol. The Labute approximate surface area is 175 Å². The third kappa shape index (κ3) is 4.31. The average Bonchev–Trinajstić information content (AvgIpc) is 2.67. The van der Waals surface area contributed by atoms with Crippen LogP contribution in [0.2, 0.25) is 5.02 Å². The van der Waals surface area contributed by atoms with E-state index in [2.05, 4.69) is 19.7 Å². The van der Waals surface area contributed by atoms with Crippen LogP contribution in [0.15, 0.2) is 23.5 Å². The number of benzene rings is 1. The van der Waals surface area contributed by atoms with E-state index in [-0.39, 0.29) is 39.1 Å². The van der Waals surface area contributed by atoms with Gasteiger partial charge in [0, 0.05) is 17.6 Å². The molecule has 2 aromatic heterocycles. The maximum Gasteiger partial charge on any atom is 0.231 e. The van der Waals surface area contributed by atoms with Gasteiger partial charge < -0.3 is 9.47 Å². The fraction of sp³-hybridized carbons (Fsp3) is 0.235. The highest BCUT2D eigenvalue weighted by Crippen LogP contribution is 2.42. The van der Waals surface area contributed by atoms with Crippen molar-refractivity contribution in [3.05, 3.63) is 29.2 Å². The second kappa shape index (κ2) is 8.17. The van der Waals surface area contributed by atoms with Gasteiger partial charge in [0.15, 0.2) is 22.5 Å². The van der Waals surface area contributed by atoms with Gasteiger partial charge in [-0.2, -0.15) is 0 Å². The minimum Gasteiger partial charge on any atom is -0.495 e. The molecule has 2 heterocycles. The predicted octanol–water partition coefficient (Wildman–Crippen LogP) is 3.59. The number of methoxy groups -OCH3 is 2. The third-order valence-corrected chi connectivity index (χ3v) is 5.34. The molecule has 0 saturated carbocycles. The second-order valence-corrected chi connectivity index (χ2v) is 8.71. The maximum absolute atomic E-state index is 15.0. The molecular weight excluding hydrogens is 443 g/mol. The molecule has 1 N–H and O–H groups in total. The highest BCUT2D eigenvalue weighted by molar-refractivity contribution is 7.98. The number of halogens is 2. The zero-order chi connectivity index (χ0) is 21.3. The summed E-state index contributed by atoms with van der Waals surface area (Å²) >= 11 is 7.61. The molecule has 0 spiro atoms. The van der Waals surface area contributed by atoms with Crippen LogP contribution in [0.5, 0.6) is 11.5 Å². The quantitative estimate of drug-likeness (QED) is 0.441. The molecule has 0 atom stereocenters. The molecule has 8 nitrogen and oxygen atoms in total. The molecule has 0 radical (unpaired) electrons. The van der Waals surface area contributed by atoms with Crippen molar-refractivity contribution in [3.8, 4) is 22.8 Å². The van der Waals surface area contributed by atoms with Crippen molar-refractivity contribution in [1.82, 2.24) is 15.0 Å². The molecule has 29 heavy (non-hydrogen) atoms. The van der Waals surface area contributed by atoms with E-state index >= 15 is 4.39 Å². The fourth-order valence-corrected chi connectivity index (χ4v) is 3.75. The fourth-order valence-electron chi connectivity index (χ4n) is 2.61. The van der Waals surface area contributed by atoms with Crippen molar-refractivity contribution >= 4 is 50.1 Å². The van der Waals surface area contributed by atoms with Gasteiger partial charge in [-0.25, -0.2) is 27.8 Å². The maximum atomic E-state index is 15.0. The number of hydrogen-bond donors (Lipinski definition) is 1. The Bertz CT molecular complexity index is 1180. The Morgan fingerprint density at radius 1 is 1.17 bits per heavy atom. The van der Waals surface area contributed by atoms with Crippen LogP contribution in [0.4, 0.5) is 10.2 Å². The Kier molecular flexibility index (Phi) is 6.01. The van der Waals surface area contributed by atoms with Crippen molar-refractivity contribution < 1.29 is 22.3 Å². The second-order valence-electron chi connectivity index (χ2n) is 5.81. The highest BCUT2D eigenvalue weighted by Gasteiger charge is 2.23. The first-order valence-electron chi connectivity index (χ1n) is 7.98. The molecule has 154 valence electrons. The van der Waals surface area contributed by atoms with E-state index < -0.39 is 15.8 Å². The average molecular weight is 459 g/mol. The lowest BCUT2D eigenvalue weighted by molar-refractivity contribution is 0.375. The number of aromatic nitrogens is 3. The zero-order valence-electron chi connectivity index (χ0n) is 15.8. The Hall–Kier alpha value is -2.37. The molecule has 0 aliphatic carbocycles. The van der Waals surface area contributed by atoms with Gasteiger partial charge in [-0.15, -0.1) is 0 Å². The summed E-state index contributed by atoms with van der Waals surface area (Å²) in [4.78, 5) is 12.8. The van der Waals surface area contributed by atoms with Gasteiger partial charge in [-0.1, -0.05) is 23.4 Å². The molecule has 3 aromatic rings. The number of pyridine rings is 1. The lowest BCUT2D eigenvalue weighted by Crippen LogP contribution is -2.12. The van der Waals surface area contributed by atoms with Crippen molar-refractivity contribution in [2.45, 2.75) is 5.16 Å². The minimum absolute atomic E-state index is 0.0374. The van der Waals surface area contributed by atoms with E-state index in [0.29, 0.717) is 10.5 Å². The summed E-state index contributed by atoms with van der Waals surface area (Å²) in [6.45, 7) is 0. The number of nitrogens with one attached hydrogen (secondary N) is 1. The number of anilines is 1. The molecule has 0 saturated heterocycles. The molecule has 3 rings (SSSR count). The zero-order valence-corrected chi connectivity index (χ0v) is 18.2. The lowest BCUT2D eigenvalue weighted by Gasteiger charge is -2.15.